The third kappa shape index (κ3) is 6.83. The van der Waals surface area contributed by atoms with Crippen molar-refractivity contribution in [2.45, 2.75) is 45.1 Å². The molecular weight excluding hydrogens is 459 g/mol. The number of aliphatic imine (C=N–C) groups is 1. The van der Waals surface area contributed by atoms with E-state index in [-0.39, 0.29) is 24.0 Å². The predicted molar refractivity (Wildman–Crippen MR) is 121 cm³/mol. The van der Waals surface area contributed by atoms with Gasteiger partial charge >= 0.3 is 0 Å². The molecule has 2 aromatic rings. The molecule has 1 aromatic carbocycles. The van der Waals surface area contributed by atoms with Crippen molar-refractivity contribution >= 4 is 41.7 Å². The lowest BCUT2D eigenvalue weighted by atomic mass is 10.1. The second-order valence-electron chi connectivity index (χ2n) is 5.75. The van der Waals surface area contributed by atoms with Crippen molar-refractivity contribution in [2.24, 2.45) is 4.99 Å². The summed E-state index contributed by atoms with van der Waals surface area (Å²) in [5, 5.41) is 10.9. The van der Waals surface area contributed by atoms with Crippen molar-refractivity contribution < 1.29 is 4.52 Å². The lowest BCUT2D eigenvalue weighted by Gasteiger charge is -2.12. The molecular formula is C19H29IN4OS. The highest BCUT2D eigenvalue weighted by atomic mass is 127. The third-order valence-corrected chi connectivity index (χ3v) is 4.96. The number of aryl methyl sites for hydroxylation is 3. The van der Waals surface area contributed by atoms with Gasteiger partial charge in [-0.1, -0.05) is 36.7 Å². The fourth-order valence-corrected chi connectivity index (χ4v) is 3.27. The Balaban J connectivity index is 0.00000338. The minimum atomic E-state index is 0. The molecule has 0 amide bonds. The lowest BCUT2D eigenvalue weighted by molar-refractivity contribution is 0.380. The van der Waals surface area contributed by atoms with Crippen LogP contribution in [-0.4, -0.2) is 30.5 Å². The van der Waals surface area contributed by atoms with Gasteiger partial charge in [0.25, 0.3) is 0 Å². The maximum Gasteiger partial charge on any atom is 0.191 e. The summed E-state index contributed by atoms with van der Waals surface area (Å²) >= 11 is 1.84. The van der Waals surface area contributed by atoms with E-state index in [9.17, 15) is 0 Å². The Hall–Kier alpha value is -1.22. The number of hydrogen-bond acceptors (Lipinski definition) is 4. The van der Waals surface area contributed by atoms with Crippen LogP contribution in [0, 0.1) is 6.92 Å². The molecule has 1 aromatic heterocycles. The standard InChI is InChI=1S/C19H28N4OS.HI/c1-5-17-16(18(6-2)24-23-17)13-22-19(20-4)21-11-12-25-15-9-7-14(3)8-10-15;/h7-10H,5-6,11-13H2,1-4H3,(H2,20,21,22);1H. The Kier molecular flexibility index (Phi) is 10.7. The first-order valence-electron chi connectivity index (χ1n) is 8.78. The Morgan fingerprint density at radius 1 is 1.15 bits per heavy atom. The van der Waals surface area contributed by atoms with Crippen LogP contribution in [0.2, 0.25) is 0 Å². The van der Waals surface area contributed by atoms with Crippen LogP contribution in [0.25, 0.3) is 0 Å². The van der Waals surface area contributed by atoms with Gasteiger partial charge in [0.05, 0.1) is 5.69 Å². The molecule has 0 aliphatic rings. The number of halogens is 1. The number of rotatable bonds is 8. The Labute approximate surface area is 177 Å². The molecule has 0 atom stereocenters. The molecule has 2 N–H and O–H groups in total. The van der Waals surface area contributed by atoms with E-state index in [0.29, 0.717) is 6.54 Å². The monoisotopic (exact) mass is 488 g/mol. The van der Waals surface area contributed by atoms with E-state index in [4.69, 9.17) is 4.52 Å². The average molecular weight is 488 g/mol. The summed E-state index contributed by atoms with van der Waals surface area (Å²) in [5.41, 5.74) is 3.47. The number of nitrogens with zero attached hydrogens (tertiary/aromatic N) is 2. The van der Waals surface area contributed by atoms with Crippen LogP contribution < -0.4 is 10.6 Å². The van der Waals surface area contributed by atoms with Crippen molar-refractivity contribution in [1.82, 2.24) is 15.8 Å². The fourth-order valence-electron chi connectivity index (χ4n) is 2.50. The molecule has 0 unspecified atom stereocenters. The van der Waals surface area contributed by atoms with Crippen molar-refractivity contribution in [1.29, 1.82) is 0 Å². The van der Waals surface area contributed by atoms with Gasteiger partial charge in [0.1, 0.15) is 5.76 Å². The van der Waals surface area contributed by atoms with Crippen molar-refractivity contribution in [3.05, 3.63) is 46.8 Å². The molecule has 0 bridgehead atoms. The zero-order valence-electron chi connectivity index (χ0n) is 16.0. The van der Waals surface area contributed by atoms with E-state index in [1.807, 2.05) is 11.8 Å². The van der Waals surface area contributed by atoms with Crippen LogP contribution in [0.3, 0.4) is 0 Å². The zero-order valence-corrected chi connectivity index (χ0v) is 19.1. The van der Waals surface area contributed by atoms with Crippen LogP contribution in [0.1, 0.15) is 36.4 Å². The molecule has 5 nitrogen and oxygen atoms in total. The first-order valence-corrected chi connectivity index (χ1v) is 9.76. The van der Waals surface area contributed by atoms with Gasteiger partial charge in [-0.15, -0.1) is 35.7 Å². The van der Waals surface area contributed by atoms with Gasteiger partial charge in [0.15, 0.2) is 5.96 Å². The van der Waals surface area contributed by atoms with Crippen molar-refractivity contribution in [3.63, 3.8) is 0 Å². The van der Waals surface area contributed by atoms with Gasteiger partial charge in [-0.05, 0) is 25.5 Å². The second-order valence-corrected chi connectivity index (χ2v) is 6.92. The zero-order chi connectivity index (χ0) is 18.1. The number of hydrogen-bond donors (Lipinski definition) is 2. The molecule has 2 rings (SSSR count). The summed E-state index contributed by atoms with van der Waals surface area (Å²) in [6.45, 7) is 7.81. The van der Waals surface area contributed by atoms with Crippen LogP contribution in [-0.2, 0) is 19.4 Å². The van der Waals surface area contributed by atoms with Gasteiger partial charge in [-0.3, -0.25) is 4.99 Å². The Bertz CT molecular complexity index is 664. The molecule has 1 heterocycles. The predicted octanol–water partition coefficient (Wildman–Crippen LogP) is 4.18. The first kappa shape index (κ1) is 22.8. The normalized spacial score (nSPS) is 11.2. The Morgan fingerprint density at radius 3 is 2.50 bits per heavy atom. The smallest absolute Gasteiger partial charge is 0.191 e. The largest absolute Gasteiger partial charge is 0.361 e. The molecule has 26 heavy (non-hydrogen) atoms. The third-order valence-electron chi connectivity index (χ3n) is 3.95. The molecule has 0 radical (unpaired) electrons. The van der Waals surface area contributed by atoms with Crippen molar-refractivity contribution in [3.8, 4) is 0 Å². The van der Waals surface area contributed by atoms with Crippen LogP contribution in [0.5, 0.6) is 0 Å². The van der Waals surface area contributed by atoms with Crippen LogP contribution >= 0.6 is 35.7 Å². The lowest BCUT2D eigenvalue weighted by Crippen LogP contribution is -2.38. The SMILES string of the molecule is CCc1noc(CC)c1CNC(=NC)NCCSc1ccc(C)cc1.I. The van der Waals surface area contributed by atoms with Gasteiger partial charge < -0.3 is 15.2 Å². The number of aromatic nitrogens is 1. The second kappa shape index (κ2) is 12.2. The van der Waals surface area contributed by atoms with E-state index < -0.39 is 0 Å². The molecule has 0 aliphatic carbocycles. The van der Waals surface area contributed by atoms with E-state index in [1.54, 1.807) is 7.05 Å². The van der Waals surface area contributed by atoms with Gasteiger partial charge in [0.2, 0.25) is 0 Å². The fraction of sp³-hybridized carbons (Fsp3) is 0.474. The highest BCUT2D eigenvalue weighted by molar-refractivity contribution is 14.0. The molecule has 0 spiro atoms. The molecule has 7 heteroatoms. The number of guanidine groups is 1. The number of benzene rings is 1. The topological polar surface area (TPSA) is 62.5 Å². The molecule has 0 aliphatic heterocycles. The van der Waals surface area contributed by atoms with E-state index >= 15 is 0 Å². The van der Waals surface area contributed by atoms with Crippen LogP contribution in [0.15, 0.2) is 38.7 Å². The van der Waals surface area contributed by atoms with E-state index in [0.717, 1.165) is 48.1 Å². The van der Waals surface area contributed by atoms with Gasteiger partial charge in [-0.25, -0.2) is 0 Å². The maximum atomic E-state index is 5.40. The van der Waals surface area contributed by atoms with Crippen molar-refractivity contribution in [2.75, 3.05) is 19.3 Å². The molecule has 144 valence electrons. The number of nitrogens with one attached hydrogen (secondary N) is 2. The average Bonchev–Trinajstić information content (AvgIpc) is 3.04. The first-order chi connectivity index (χ1) is 12.2. The molecule has 0 saturated heterocycles. The van der Waals surface area contributed by atoms with E-state index in [2.05, 4.69) is 65.8 Å². The highest BCUT2D eigenvalue weighted by Gasteiger charge is 2.13. The maximum absolute atomic E-state index is 5.40. The summed E-state index contributed by atoms with van der Waals surface area (Å²) in [6, 6.07) is 8.62. The van der Waals surface area contributed by atoms with Gasteiger partial charge in [0, 0.05) is 42.8 Å². The molecule has 0 saturated carbocycles. The molecule has 0 fully saturated rings. The summed E-state index contributed by atoms with van der Waals surface area (Å²) in [4.78, 5) is 5.58. The highest BCUT2D eigenvalue weighted by Crippen LogP contribution is 2.17. The summed E-state index contributed by atoms with van der Waals surface area (Å²) < 4.78 is 5.40. The summed E-state index contributed by atoms with van der Waals surface area (Å²) in [5.74, 6) is 2.74. The number of thioether (sulfide) groups is 1. The van der Waals surface area contributed by atoms with Crippen LogP contribution in [0.4, 0.5) is 0 Å². The minimum Gasteiger partial charge on any atom is -0.361 e. The Morgan fingerprint density at radius 2 is 1.88 bits per heavy atom. The minimum absolute atomic E-state index is 0. The van der Waals surface area contributed by atoms with Gasteiger partial charge in [-0.2, -0.15) is 0 Å². The quantitative estimate of drug-likeness (QED) is 0.192. The summed E-state index contributed by atoms with van der Waals surface area (Å²) in [6.07, 6.45) is 1.73. The summed E-state index contributed by atoms with van der Waals surface area (Å²) in [7, 11) is 1.79. The van der Waals surface area contributed by atoms with E-state index in [1.165, 1.54) is 10.5 Å².